The van der Waals surface area contributed by atoms with Gasteiger partial charge < -0.3 is 4.40 Å². The molecule has 2 aromatic heterocycles. The van der Waals surface area contributed by atoms with Crippen LogP contribution in [-0.4, -0.2) is 15.1 Å². The molecule has 2 heterocycles. The lowest BCUT2D eigenvalue weighted by Crippen LogP contribution is -2.06. The lowest BCUT2D eigenvalue weighted by atomic mass is 9.97. The van der Waals surface area contributed by atoms with Crippen molar-refractivity contribution in [1.82, 2.24) is 4.40 Å². The molecule has 6 nitrogen and oxygen atoms in total. The van der Waals surface area contributed by atoms with Crippen molar-refractivity contribution < 1.29 is 9.72 Å². The van der Waals surface area contributed by atoms with Crippen molar-refractivity contribution in [2.45, 2.75) is 0 Å². The maximum absolute atomic E-state index is 13.1. The molecular formula is C20H11N3O3. The molecule has 0 fully saturated rings. The van der Waals surface area contributed by atoms with E-state index in [0.717, 1.165) is 0 Å². The number of pyridine rings is 1. The van der Waals surface area contributed by atoms with E-state index in [1.807, 2.05) is 12.1 Å². The van der Waals surface area contributed by atoms with Crippen LogP contribution in [0.15, 0.2) is 66.9 Å². The highest BCUT2D eigenvalue weighted by Crippen LogP contribution is 2.31. The average Bonchev–Trinajstić information content (AvgIpc) is 3.16. The Labute approximate surface area is 147 Å². The fraction of sp³-hybridized carbons (Fsp3) is 0. The number of benzene rings is 2. The molecule has 0 aliphatic rings. The highest BCUT2D eigenvalue weighted by atomic mass is 16.6. The van der Waals surface area contributed by atoms with E-state index in [1.54, 1.807) is 53.1 Å². The predicted octanol–water partition coefficient (Wildman–Crippen LogP) is 4.10. The van der Waals surface area contributed by atoms with Crippen molar-refractivity contribution in [2.24, 2.45) is 0 Å². The number of rotatable bonds is 3. The van der Waals surface area contributed by atoms with Crippen LogP contribution in [-0.2, 0) is 0 Å². The zero-order chi connectivity index (χ0) is 18.3. The van der Waals surface area contributed by atoms with Crippen LogP contribution in [0, 0.1) is 21.4 Å². The minimum atomic E-state index is -0.466. The Balaban J connectivity index is 2.13. The third-order valence-electron chi connectivity index (χ3n) is 4.29. The highest BCUT2D eigenvalue weighted by Gasteiger charge is 2.21. The van der Waals surface area contributed by atoms with Gasteiger partial charge in [0.25, 0.3) is 5.69 Å². The van der Waals surface area contributed by atoms with Crippen LogP contribution in [0.25, 0.3) is 16.4 Å². The summed E-state index contributed by atoms with van der Waals surface area (Å²) < 4.78 is 1.63. The van der Waals surface area contributed by atoms with E-state index >= 15 is 0 Å². The molecule has 0 unspecified atom stereocenters. The zero-order valence-electron chi connectivity index (χ0n) is 13.4. The second kappa shape index (κ2) is 5.83. The molecule has 0 amide bonds. The molecule has 6 heteroatoms. The number of nitriles is 1. The Morgan fingerprint density at radius 2 is 1.85 bits per heavy atom. The van der Waals surface area contributed by atoms with Crippen LogP contribution in [0.4, 0.5) is 5.69 Å². The van der Waals surface area contributed by atoms with E-state index in [0.29, 0.717) is 27.5 Å². The second-order valence-electron chi connectivity index (χ2n) is 5.82. The molecule has 26 heavy (non-hydrogen) atoms. The lowest BCUT2D eigenvalue weighted by Gasteiger charge is -2.10. The standard InChI is InChI=1S/C20H11N3O3/c21-12-13-9-15-11-18(23(25)26)17-7-4-8-22(17)19(15)16(10-13)20(24)14-5-2-1-3-6-14/h1-11H. The number of carbonyl (C=O) groups is 1. The quantitative estimate of drug-likeness (QED) is 0.319. The van der Waals surface area contributed by atoms with Crippen LogP contribution >= 0.6 is 0 Å². The summed E-state index contributed by atoms with van der Waals surface area (Å²) in [7, 11) is 0. The van der Waals surface area contributed by atoms with Gasteiger partial charge in [0, 0.05) is 28.8 Å². The van der Waals surface area contributed by atoms with E-state index in [2.05, 4.69) is 0 Å². The summed E-state index contributed by atoms with van der Waals surface area (Å²) in [5.74, 6) is -0.239. The summed E-state index contributed by atoms with van der Waals surface area (Å²) in [6.07, 6.45) is 1.68. The van der Waals surface area contributed by atoms with E-state index < -0.39 is 4.92 Å². The van der Waals surface area contributed by atoms with Gasteiger partial charge in [0.05, 0.1) is 22.1 Å². The molecule has 0 atom stereocenters. The predicted molar refractivity (Wildman–Crippen MR) is 96.1 cm³/mol. The number of hydrogen-bond donors (Lipinski definition) is 0. The Kier molecular flexibility index (Phi) is 3.48. The fourth-order valence-electron chi connectivity index (χ4n) is 3.17. The Morgan fingerprint density at radius 3 is 2.54 bits per heavy atom. The number of fused-ring (bicyclic) bond motifs is 3. The van der Waals surface area contributed by atoms with Gasteiger partial charge in [-0.3, -0.25) is 14.9 Å². The number of nitro groups is 1. The Morgan fingerprint density at radius 1 is 1.08 bits per heavy atom. The molecule has 0 N–H and O–H groups in total. The number of aromatic nitrogens is 1. The van der Waals surface area contributed by atoms with Gasteiger partial charge in [0.15, 0.2) is 5.78 Å². The molecule has 0 aliphatic heterocycles. The van der Waals surface area contributed by atoms with Crippen molar-refractivity contribution in [1.29, 1.82) is 5.26 Å². The number of hydrogen-bond acceptors (Lipinski definition) is 4. The highest BCUT2D eigenvalue weighted by molar-refractivity contribution is 6.16. The van der Waals surface area contributed by atoms with Gasteiger partial charge in [-0.15, -0.1) is 0 Å². The minimum Gasteiger partial charge on any atom is -0.310 e. The van der Waals surface area contributed by atoms with Crippen LogP contribution < -0.4 is 0 Å². The molecule has 0 saturated heterocycles. The molecule has 0 radical (unpaired) electrons. The maximum Gasteiger partial charge on any atom is 0.293 e. The van der Waals surface area contributed by atoms with E-state index in [9.17, 15) is 20.2 Å². The molecule has 0 aliphatic carbocycles. The molecule has 124 valence electrons. The molecule has 2 aromatic carbocycles. The Bertz CT molecular complexity index is 1230. The van der Waals surface area contributed by atoms with Gasteiger partial charge >= 0.3 is 0 Å². The fourth-order valence-corrected chi connectivity index (χ4v) is 3.17. The maximum atomic E-state index is 13.1. The van der Waals surface area contributed by atoms with Crippen LogP contribution in [0.5, 0.6) is 0 Å². The van der Waals surface area contributed by atoms with E-state index in [4.69, 9.17) is 0 Å². The molecule has 4 rings (SSSR count). The average molecular weight is 341 g/mol. The minimum absolute atomic E-state index is 0.0734. The Hall–Kier alpha value is -3.98. The van der Waals surface area contributed by atoms with Gasteiger partial charge in [-0.2, -0.15) is 5.26 Å². The number of ketones is 1. The van der Waals surface area contributed by atoms with Gasteiger partial charge in [-0.1, -0.05) is 30.3 Å². The first-order chi connectivity index (χ1) is 12.6. The molecular weight excluding hydrogens is 330 g/mol. The summed E-state index contributed by atoms with van der Waals surface area (Å²) in [6, 6.07) is 18.6. The van der Waals surface area contributed by atoms with E-state index in [-0.39, 0.29) is 17.0 Å². The molecule has 4 aromatic rings. The zero-order valence-corrected chi connectivity index (χ0v) is 13.4. The van der Waals surface area contributed by atoms with Gasteiger partial charge in [-0.25, -0.2) is 0 Å². The topological polar surface area (TPSA) is 88.4 Å². The summed E-state index contributed by atoms with van der Waals surface area (Å²) in [5.41, 5.74) is 1.97. The first-order valence-corrected chi connectivity index (χ1v) is 7.82. The number of nitrogens with zero attached hydrogens (tertiary/aromatic N) is 3. The molecule has 0 spiro atoms. The summed E-state index contributed by atoms with van der Waals surface area (Å²) in [4.78, 5) is 24.0. The molecule has 0 saturated carbocycles. The van der Waals surface area contributed by atoms with Crippen molar-refractivity contribution in [2.75, 3.05) is 0 Å². The van der Waals surface area contributed by atoms with Crippen LogP contribution in [0.3, 0.4) is 0 Å². The monoisotopic (exact) mass is 341 g/mol. The summed E-state index contributed by atoms with van der Waals surface area (Å²) in [5, 5.41) is 21.2. The first-order valence-electron chi connectivity index (χ1n) is 7.82. The van der Waals surface area contributed by atoms with Crippen LogP contribution in [0.2, 0.25) is 0 Å². The largest absolute Gasteiger partial charge is 0.310 e. The summed E-state index contributed by atoms with van der Waals surface area (Å²) >= 11 is 0. The van der Waals surface area contributed by atoms with Crippen molar-refractivity contribution in [3.05, 3.63) is 93.7 Å². The lowest BCUT2D eigenvalue weighted by molar-refractivity contribution is -0.383. The van der Waals surface area contributed by atoms with Crippen molar-refractivity contribution in [3.63, 3.8) is 0 Å². The third-order valence-corrected chi connectivity index (χ3v) is 4.29. The van der Waals surface area contributed by atoms with Gasteiger partial charge in [0.2, 0.25) is 0 Å². The number of carbonyl (C=O) groups excluding carboxylic acids is 1. The van der Waals surface area contributed by atoms with Crippen molar-refractivity contribution >= 4 is 27.9 Å². The normalized spacial score (nSPS) is 10.7. The van der Waals surface area contributed by atoms with Crippen LogP contribution in [0.1, 0.15) is 21.5 Å². The van der Waals surface area contributed by atoms with Gasteiger partial charge in [-0.05, 0) is 24.3 Å². The van der Waals surface area contributed by atoms with Crippen molar-refractivity contribution in [3.8, 4) is 6.07 Å². The first kappa shape index (κ1) is 15.5. The molecule has 0 bridgehead atoms. The third kappa shape index (κ3) is 2.31. The van der Waals surface area contributed by atoms with Gasteiger partial charge in [0.1, 0.15) is 5.52 Å². The smallest absolute Gasteiger partial charge is 0.293 e. The SMILES string of the molecule is N#Cc1cc(C(=O)c2ccccc2)c2c(c1)cc([N+](=O)[O-])c1cccn12. The summed E-state index contributed by atoms with van der Waals surface area (Å²) in [6.45, 7) is 0. The second-order valence-corrected chi connectivity index (χ2v) is 5.82. The van der Waals surface area contributed by atoms with E-state index in [1.165, 1.54) is 12.1 Å².